The van der Waals surface area contributed by atoms with Crippen LogP contribution in [0.2, 0.25) is 0 Å². The molecular weight excluding hydrogens is 260 g/mol. The van der Waals surface area contributed by atoms with Crippen LogP contribution in [0.5, 0.6) is 0 Å². The first-order valence-corrected chi connectivity index (χ1v) is 8.32. The van der Waals surface area contributed by atoms with Crippen LogP contribution in [0, 0.1) is 11.8 Å². The first-order valence-electron chi connectivity index (χ1n) is 8.32. The van der Waals surface area contributed by atoms with Crippen LogP contribution in [0.4, 0.5) is 0 Å². The van der Waals surface area contributed by atoms with Crippen molar-refractivity contribution in [2.75, 3.05) is 13.2 Å². The number of hydrogen-bond donors (Lipinski definition) is 0. The topological polar surface area (TPSA) is 26.3 Å². The van der Waals surface area contributed by atoms with Crippen LogP contribution in [0.1, 0.15) is 57.4 Å². The van der Waals surface area contributed by atoms with Crippen molar-refractivity contribution in [1.29, 1.82) is 0 Å². The Morgan fingerprint density at radius 2 is 1.95 bits per heavy atom. The summed E-state index contributed by atoms with van der Waals surface area (Å²) in [4.78, 5) is 12.1. The van der Waals surface area contributed by atoms with E-state index >= 15 is 0 Å². The molecule has 0 radical (unpaired) electrons. The van der Waals surface area contributed by atoms with E-state index < -0.39 is 0 Å². The molecule has 1 aliphatic rings. The average Bonchev–Trinajstić information content (AvgIpc) is 2.49. The van der Waals surface area contributed by atoms with Gasteiger partial charge in [0.1, 0.15) is 5.78 Å². The van der Waals surface area contributed by atoms with Crippen molar-refractivity contribution in [2.45, 2.75) is 51.9 Å². The molecule has 1 aromatic carbocycles. The fraction of sp³-hybridized carbons (Fsp3) is 0.632. The van der Waals surface area contributed by atoms with E-state index in [9.17, 15) is 4.79 Å². The summed E-state index contributed by atoms with van der Waals surface area (Å²) in [7, 11) is 0. The smallest absolute Gasteiger partial charge is 0.136 e. The predicted octanol–water partition coefficient (Wildman–Crippen LogP) is 4.59. The second kappa shape index (κ2) is 8.33. The molecule has 0 heterocycles. The van der Waals surface area contributed by atoms with Crippen molar-refractivity contribution in [2.24, 2.45) is 11.8 Å². The highest BCUT2D eigenvalue weighted by atomic mass is 16.5. The molecule has 1 saturated carbocycles. The molecule has 2 unspecified atom stereocenters. The van der Waals surface area contributed by atoms with Gasteiger partial charge < -0.3 is 4.74 Å². The highest BCUT2D eigenvalue weighted by Crippen LogP contribution is 2.35. The normalized spacial score (nSPS) is 22.7. The summed E-state index contributed by atoms with van der Waals surface area (Å²) in [5.74, 6) is 1.87. The van der Waals surface area contributed by atoms with E-state index in [0.29, 0.717) is 17.6 Å². The summed E-state index contributed by atoms with van der Waals surface area (Å²) in [6.45, 7) is 5.96. The van der Waals surface area contributed by atoms with E-state index in [1.54, 1.807) is 0 Å². The summed E-state index contributed by atoms with van der Waals surface area (Å²) in [5, 5.41) is 0. The van der Waals surface area contributed by atoms with Crippen molar-refractivity contribution >= 4 is 5.78 Å². The molecule has 21 heavy (non-hydrogen) atoms. The highest BCUT2D eigenvalue weighted by molar-refractivity contribution is 5.82. The Bertz CT molecular complexity index is 424. The maximum Gasteiger partial charge on any atom is 0.136 e. The van der Waals surface area contributed by atoms with E-state index in [4.69, 9.17) is 4.74 Å². The first kappa shape index (κ1) is 16.2. The minimum atomic E-state index is 0.197. The SMILES string of the molecule is CC(C)CCOCCC1CC(c2ccccc2)CCC1=O. The molecule has 1 aromatic rings. The molecule has 2 rings (SSSR count). The van der Waals surface area contributed by atoms with Crippen LogP contribution in [-0.2, 0) is 9.53 Å². The number of carbonyl (C=O) groups is 1. The lowest BCUT2D eigenvalue weighted by molar-refractivity contribution is -0.125. The van der Waals surface area contributed by atoms with E-state index in [-0.39, 0.29) is 5.92 Å². The molecule has 0 amide bonds. The van der Waals surface area contributed by atoms with Gasteiger partial charge in [0.25, 0.3) is 0 Å². The summed E-state index contributed by atoms with van der Waals surface area (Å²) < 4.78 is 5.68. The van der Waals surface area contributed by atoms with Crippen molar-refractivity contribution < 1.29 is 9.53 Å². The first-order chi connectivity index (χ1) is 10.2. The number of ketones is 1. The summed E-state index contributed by atoms with van der Waals surface area (Å²) in [6.07, 6.45) is 4.73. The highest BCUT2D eigenvalue weighted by Gasteiger charge is 2.29. The third-order valence-electron chi connectivity index (χ3n) is 4.48. The van der Waals surface area contributed by atoms with Gasteiger partial charge in [-0.3, -0.25) is 4.79 Å². The van der Waals surface area contributed by atoms with Gasteiger partial charge in [-0.2, -0.15) is 0 Å². The zero-order chi connectivity index (χ0) is 15.1. The number of benzene rings is 1. The molecule has 1 fully saturated rings. The molecule has 2 nitrogen and oxygen atoms in total. The maximum absolute atomic E-state index is 12.1. The molecule has 0 aromatic heterocycles. The molecule has 116 valence electrons. The molecule has 2 atom stereocenters. The molecule has 2 heteroatoms. The van der Waals surface area contributed by atoms with Crippen LogP contribution in [0.25, 0.3) is 0 Å². The van der Waals surface area contributed by atoms with E-state index in [0.717, 1.165) is 45.3 Å². The maximum atomic E-state index is 12.1. The second-order valence-corrected chi connectivity index (χ2v) is 6.63. The standard InChI is InChI=1S/C19H28O2/c1-15(2)10-12-21-13-11-18-14-17(8-9-19(18)20)16-6-4-3-5-7-16/h3-7,15,17-18H,8-14H2,1-2H3. The van der Waals surface area contributed by atoms with Gasteiger partial charge in [-0.25, -0.2) is 0 Å². The average molecular weight is 288 g/mol. The number of rotatable bonds is 7. The molecule has 0 aliphatic heterocycles. The Kier molecular flexibility index (Phi) is 6.44. The zero-order valence-corrected chi connectivity index (χ0v) is 13.4. The zero-order valence-electron chi connectivity index (χ0n) is 13.4. The molecular formula is C19H28O2. The van der Waals surface area contributed by atoms with Crippen molar-refractivity contribution in [1.82, 2.24) is 0 Å². The molecule has 0 saturated heterocycles. The minimum Gasteiger partial charge on any atom is -0.381 e. The third-order valence-corrected chi connectivity index (χ3v) is 4.48. The summed E-state index contributed by atoms with van der Waals surface area (Å²) >= 11 is 0. The van der Waals surface area contributed by atoms with Crippen LogP contribution in [0.15, 0.2) is 30.3 Å². The number of hydrogen-bond acceptors (Lipinski definition) is 2. The number of ether oxygens (including phenoxy) is 1. The van der Waals surface area contributed by atoms with E-state index in [1.165, 1.54) is 5.56 Å². The van der Waals surface area contributed by atoms with Crippen molar-refractivity contribution in [3.8, 4) is 0 Å². The molecule has 1 aliphatic carbocycles. The van der Waals surface area contributed by atoms with Gasteiger partial charge in [0.15, 0.2) is 0 Å². The molecule has 0 N–H and O–H groups in total. The van der Waals surface area contributed by atoms with Gasteiger partial charge in [0.05, 0.1) is 0 Å². The van der Waals surface area contributed by atoms with Crippen LogP contribution < -0.4 is 0 Å². The Hall–Kier alpha value is -1.15. The van der Waals surface area contributed by atoms with Crippen LogP contribution >= 0.6 is 0 Å². The second-order valence-electron chi connectivity index (χ2n) is 6.63. The lowest BCUT2D eigenvalue weighted by Crippen LogP contribution is -2.25. The molecule has 0 bridgehead atoms. The Morgan fingerprint density at radius 1 is 1.19 bits per heavy atom. The summed E-state index contributed by atoms with van der Waals surface area (Å²) in [5.41, 5.74) is 1.38. The van der Waals surface area contributed by atoms with Gasteiger partial charge >= 0.3 is 0 Å². The number of carbonyl (C=O) groups excluding carboxylic acids is 1. The van der Waals surface area contributed by atoms with Gasteiger partial charge in [-0.05, 0) is 43.1 Å². The summed E-state index contributed by atoms with van der Waals surface area (Å²) in [6, 6.07) is 10.6. The van der Waals surface area contributed by atoms with Crippen molar-refractivity contribution in [3.63, 3.8) is 0 Å². The van der Waals surface area contributed by atoms with Crippen LogP contribution in [-0.4, -0.2) is 19.0 Å². The lowest BCUT2D eigenvalue weighted by atomic mass is 9.76. The Morgan fingerprint density at radius 3 is 2.67 bits per heavy atom. The van der Waals surface area contributed by atoms with Gasteiger partial charge in [-0.15, -0.1) is 0 Å². The van der Waals surface area contributed by atoms with Gasteiger partial charge in [0.2, 0.25) is 0 Å². The minimum absolute atomic E-state index is 0.197. The lowest BCUT2D eigenvalue weighted by Gasteiger charge is -2.28. The fourth-order valence-corrected chi connectivity index (χ4v) is 3.07. The monoisotopic (exact) mass is 288 g/mol. The van der Waals surface area contributed by atoms with Crippen LogP contribution in [0.3, 0.4) is 0 Å². The van der Waals surface area contributed by atoms with E-state index in [1.807, 2.05) is 0 Å². The van der Waals surface area contributed by atoms with Crippen molar-refractivity contribution in [3.05, 3.63) is 35.9 Å². The van der Waals surface area contributed by atoms with E-state index in [2.05, 4.69) is 44.2 Å². The largest absolute Gasteiger partial charge is 0.381 e. The van der Waals surface area contributed by atoms with Gasteiger partial charge in [-0.1, -0.05) is 44.2 Å². The Labute approximate surface area is 128 Å². The quantitative estimate of drug-likeness (QED) is 0.686. The predicted molar refractivity (Wildman–Crippen MR) is 86.4 cm³/mol. The number of Topliss-reactive ketones (excluding diaryl/α,β-unsaturated/α-hetero) is 1. The fourth-order valence-electron chi connectivity index (χ4n) is 3.07. The Balaban J connectivity index is 1.77. The third kappa shape index (κ3) is 5.28. The van der Waals surface area contributed by atoms with Gasteiger partial charge in [0, 0.05) is 25.6 Å². The molecule has 0 spiro atoms.